The zero-order valence-corrected chi connectivity index (χ0v) is 10.2. The highest BCUT2D eigenvalue weighted by molar-refractivity contribution is 9.09. The molecule has 0 rings (SSSR count). The fraction of sp³-hybridized carbons (Fsp3) is 1.00. The van der Waals surface area contributed by atoms with E-state index in [-0.39, 0.29) is 6.42 Å². The molecule has 0 spiro atoms. The van der Waals surface area contributed by atoms with Gasteiger partial charge in [0.15, 0.2) is 0 Å². The Hall–Kier alpha value is 0.230. The van der Waals surface area contributed by atoms with Crippen molar-refractivity contribution in [3.63, 3.8) is 0 Å². The van der Waals surface area contributed by atoms with Crippen molar-refractivity contribution in [1.82, 2.24) is 4.90 Å². The molecule has 0 aromatic heterocycles. The maximum Gasteiger partial charge on any atom is 0.389 e. The van der Waals surface area contributed by atoms with E-state index < -0.39 is 12.6 Å². The van der Waals surface area contributed by atoms with Crippen molar-refractivity contribution in [2.45, 2.75) is 37.2 Å². The van der Waals surface area contributed by atoms with Crippen molar-refractivity contribution in [3.8, 4) is 0 Å². The normalized spacial score (nSPS) is 14.8. The molecule has 0 N–H and O–H groups in total. The van der Waals surface area contributed by atoms with Crippen LogP contribution in [0.2, 0.25) is 0 Å². The predicted molar refractivity (Wildman–Crippen MR) is 55.8 cm³/mol. The van der Waals surface area contributed by atoms with E-state index in [4.69, 9.17) is 0 Å². The lowest BCUT2D eigenvalue weighted by molar-refractivity contribution is -0.136. The molecule has 0 heterocycles. The van der Waals surface area contributed by atoms with Crippen molar-refractivity contribution in [3.05, 3.63) is 0 Å². The lowest BCUT2D eigenvalue weighted by Crippen LogP contribution is -2.23. The van der Waals surface area contributed by atoms with Gasteiger partial charge in [0.25, 0.3) is 0 Å². The zero-order valence-electron chi connectivity index (χ0n) is 8.57. The van der Waals surface area contributed by atoms with E-state index in [1.54, 1.807) is 0 Å². The number of rotatable bonds is 6. The van der Waals surface area contributed by atoms with Crippen LogP contribution in [0.1, 0.15) is 26.2 Å². The van der Waals surface area contributed by atoms with Crippen LogP contribution in [0.15, 0.2) is 0 Å². The Balaban J connectivity index is 3.40. The summed E-state index contributed by atoms with van der Waals surface area (Å²) >= 11 is 3.40. The molecule has 86 valence electrons. The molecule has 0 amide bonds. The number of alkyl halides is 4. The topological polar surface area (TPSA) is 3.24 Å². The van der Waals surface area contributed by atoms with Crippen LogP contribution in [0.3, 0.4) is 0 Å². The van der Waals surface area contributed by atoms with Gasteiger partial charge in [-0.15, -0.1) is 0 Å². The summed E-state index contributed by atoms with van der Waals surface area (Å²) in [6.07, 6.45) is -3.54. The zero-order chi connectivity index (χ0) is 11.2. The molecular weight excluding hydrogens is 259 g/mol. The molecule has 0 fully saturated rings. The fourth-order valence-electron chi connectivity index (χ4n) is 1.06. The van der Waals surface area contributed by atoms with E-state index in [2.05, 4.69) is 15.9 Å². The Bertz CT molecular complexity index is 147. The van der Waals surface area contributed by atoms with Gasteiger partial charge in [-0.3, -0.25) is 0 Å². The first-order valence-electron chi connectivity index (χ1n) is 4.70. The van der Waals surface area contributed by atoms with E-state index >= 15 is 0 Å². The molecule has 0 aliphatic heterocycles. The largest absolute Gasteiger partial charge is 0.389 e. The van der Waals surface area contributed by atoms with Crippen LogP contribution in [-0.2, 0) is 0 Å². The first-order valence-corrected chi connectivity index (χ1v) is 5.62. The van der Waals surface area contributed by atoms with E-state index in [9.17, 15) is 13.2 Å². The highest BCUT2D eigenvalue weighted by Gasteiger charge is 2.26. The third-order valence-corrected chi connectivity index (χ3v) is 2.37. The Morgan fingerprint density at radius 2 is 1.86 bits per heavy atom. The SMILES string of the molecule is CC(Br)CCN(C)CCCC(F)(F)F. The molecule has 0 aliphatic carbocycles. The summed E-state index contributed by atoms with van der Waals surface area (Å²) in [5.74, 6) is 0. The Labute approximate surface area is 91.8 Å². The standard InChI is InChI=1S/C9H17BrF3N/c1-8(10)4-7-14(2)6-3-5-9(11,12)13/h8H,3-7H2,1-2H3. The van der Waals surface area contributed by atoms with Crippen LogP contribution in [0.25, 0.3) is 0 Å². The lowest BCUT2D eigenvalue weighted by atomic mass is 10.2. The average Bonchev–Trinajstić information content (AvgIpc) is 1.98. The molecule has 14 heavy (non-hydrogen) atoms. The van der Waals surface area contributed by atoms with Gasteiger partial charge < -0.3 is 4.90 Å². The summed E-state index contributed by atoms with van der Waals surface area (Å²) in [6.45, 7) is 3.38. The Kier molecular flexibility index (Phi) is 6.78. The van der Waals surface area contributed by atoms with Crippen LogP contribution in [0, 0.1) is 0 Å². The van der Waals surface area contributed by atoms with Crippen molar-refractivity contribution in [2.24, 2.45) is 0 Å². The molecule has 1 nitrogen and oxygen atoms in total. The summed E-state index contributed by atoms with van der Waals surface area (Å²) < 4.78 is 35.4. The molecule has 1 unspecified atom stereocenters. The summed E-state index contributed by atoms with van der Waals surface area (Å²) in [6, 6.07) is 0. The number of halogens is 4. The summed E-state index contributed by atoms with van der Waals surface area (Å²) in [5, 5.41) is 0. The molecule has 0 aromatic rings. The first kappa shape index (κ1) is 14.2. The molecule has 0 aliphatic rings. The predicted octanol–water partition coefficient (Wildman–Crippen LogP) is 3.43. The van der Waals surface area contributed by atoms with Gasteiger partial charge in [-0.05, 0) is 33.0 Å². The quantitative estimate of drug-likeness (QED) is 0.672. The monoisotopic (exact) mass is 275 g/mol. The molecule has 0 radical (unpaired) electrons. The Morgan fingerprint density at radius 3 is 2.29 bits per heavy atom. The van der Waals surface area contributed by atoms with Crippen molar-refractivity contribution in [1.29, 1.82) is 0 Å². The van der Waals surface area contributed by atoms with Crippen LogP contribution < -0.4 is 0 Å². The molecule has 0 aromatic carbocycles. The second kappa shape index (κ2) is 6.67. The number of hydrogen-bond acceptors (Lipinski definition) is 1. The van der Waals surface area contributed by atoms with Gasteiger partial charge in [0.2, 0.25) is 0 Å². The summed E-state index contributed by atoms with van der Waals surface area (Å²) in [7, 11) is 1.85. The van der Waals surface area contributed by atoms with E-state index in [1.807, 2.05) is 18.9 Å². The molecule has 0 saturated heterocycles. The van der Waals surface area contributed by atoms with E-state index in [0.29, 0.717) is 11.4 Å². The summed E-state index contributed by atoms with van der Waals surface area (Å²) in [5.41, 5.74) is 0. The van der Waals surface area contributed by atoms with Gasteiger partial charge >= 0.3 is 6.18 Å². The highest BCUT2D eigenvalue weighted by atomic mass is 79.9. The minimum atomic E-state index is -4.01. The lowest BCUT2D eigenvalue weighted by Gasteiger charge is -2.17. The number of nitrogens with zero attached hydrogens (tertiary/aromatic N) is 1. The van der Waals surface area contributed by atoms with Gasteiger partial charge in [-0.1, -0.05) is 22.9 Å². The number of hydrogen-bond donors (Lipinski definition) is 0. The van der Waals surface area contributed by atoms with Crippen molar-refractivity contribution < 1.29 is 13.2 Å². The molecule has 0 saturated carbocycles. The van der Waals surface area contributed by atoms with Gasteiger partial charge in [-0.25, -0.2) is 0 Å². The van der Waals surface area contributed by atoms with Crippen LogP contribution in [0.4, 0.5) is 13.2 Å². The van der Waals surface area contributed by atoms with Gasteiger partial charge in [0.05, 0.1) is 0 Å². The third-order valence-electron chi connectivity index (χ3n) is 1.91. The third kappa shape index (κ3) is 10.3. The van der Waals surface area contributed by atoms with E-state index in [0.717, 1.165) is 13.0 Å². The van der Waals surface area contributed by atoms with Crippen LogP contribution in [0.5, 0.6) is 0 Å². The van der Waals surface area contributed by atoms with Gasteiger partial charge in [0, 0.05) is 11.2 Å². The second-order valence-electron chi connectivity index (χ2n) is 3.59. The minimum absolute atomic E-state index is 0.191. The summed E-state index contributed by atoms with van der Waals surface area (Å²) in [4.78, 5) is 2.36. The minimum Gasteiger partial charge on any atom is -0.306 e. The average molecular weight is 276 g/mol. The molecule has 1 atom stereocenters. The smallest absolute Gasteiger partial charge is 0.306 e. The first-order chi connectivity index (χ1) is 6.31. The van der Waals surface area contributed by atoms with Crippen molar-refractivity contribution >= 4 is 15.9 Å². The van der Waals surface area contributed by atoms with Crippen LogP contribution in [-0.4, -0.2) is 36.0 Å². The van der Waals surface area contributed by atoms with Gasteiger partial charge in [0.1, 0.15) is 0 Å². The molecular formula is C9H17BrF3N. The van der Waals surface area contributed by atoms with Gasteiger partial charge in [-0.2, -0.15) is 13.2 Å². The maximum atomic E-state index is 11.8. The molecule has 0 bridgehead atoms. The van der Waals surface area contributed by atoms with Crippen molar-refractivity contribution in [2.75, 3.05) is 20.1 Å². The highest BCUT2D eigenvalue weighted by Crippen LogP contribution is 2.21. The van der Waals surface area contributed by atoms with E-state index in [1.165, 1.54) is 0 Å². The second-order valence-corrected chi connectivity index (χ2v) is 5.15. The Morgan fingerprint density at radius 1 is 1.29 bits per heavy atom. The fourth-order valence-corrected chi connectivity index (χ4v) is 1.26. The molecule has 5 heteroatoms. The maximum absolute atomic E-state index is 11.8. The van der Waals surface area contributed by atoms with Crippen LogP contribution >= 0.6 is 15.9 Å².